The van der Waals surface area contributed by atoms with E-state index in [2.05, 4.69) is 12.0 Å². The number of carbonyl (C=O) groups excluding carboxylic acids is 1. The minimum absolute atomic E-state index is 0.0253. The molecule has 0 aliphatic carbocycles. The number of hydrogen-bond donors (Lipinski definition) is 1. The maximum absolute atomic E-state index is 12.1. The fraction of sp³-hybridized carbons (Fsp3) is 0.636. The Morgan fingerprint density at radius 2 is 2.19 bits per heavy atom. The average Bonchev–Trinajstić information content (AvgIpc) is 2.87. The number of nitrogens with two attached hydrogens (primary N) is 1. The molecule has 0 unspecified atom stereocenters. The molecule has 0 atom stereocenters. The van der Waals surface area contributed by atoms with Gasteiger partial charge in [0.2, 0.25) is 0 Å². The van der Waals surface area contributed by atoms with Crippen molar-refractivity contribution in [3.8, 4) is 0 Å². The van der Waals surface area contributed by atoms with Gasteiger partial charge in [0.25, 0.3) is 5.91 Å². The van der Waals surface area contributed by atoms with Gasteiger partial charge in [-0.25, -0.2) is 0 Å². The molecule has 16 heavy (non-hydrogen) atoms. The Hall–Kier alpha value is -1.52. The van der Waals surface area contributed by atoms with E-state index in [1.54, 1.807) is 10.9 Å². The van der Waals surface area contributed by atoms with E-state index in [1.807, 2.05) is 4.90 Å². The Balaban J connectivity index is 2.15. The normalized spacial score (nSPS) is 15.7. The highest BCUT2D eigenvalue weighted by molar-refractivity contribution is 5.98. The molecule has 0 saturated carbocycles. The monoisotopic (exact) mass is 222 g/mol. The summed E-state index contributed by atoms with van der Waals surface area (Å²) in [6, 6.07) is 0. The summed E-state index contributed by atoms with van der Waals surface area (Å²) in [4.78, 5) is 13.9. The molecule has 1 fully saturated rings. The number of nitrogen functional groups attached to an aromatic ring is 1. The Morgan fingerprint density at radius 1 is 1.50 bits per heavy atom. The fourth-order valence-electron chi connectivity index (χ4n) is 2.04. The molecule has 0 radical (unpaired) electrons. The summed E-state index contributed by atoms with van der Waals surface area (Å²) in [6.45, 7) is 4.56. The van der Waals surface area contributed by atoms with Gasteiger partial charge in [0.05, 0.1) is 0 Å². The second-order valence-corrected chi connectivity index (χ2v) is 4.19. The summed E-state index contributed by atoms with van der Waals surface area (Å²) in [7, 11) is 0. The number of rotatable bonds is 3. The first-order valence-electron chi connectivity index (χ1n) is 5.84. The first-order chi connectivity index (χ1) is 7.72. The van der Waals surface area contributed by atoms with Crippen LogP contribution in [-0.4, -0.2) is 33.7 Å². The van der Waals surface area contributed by atoms with E-state index in [0.29, 0.717) is 11.4 Å². The zero-order chi connectivity index (χ0) is 11.5. The average molecular weight is 222 g/mol. The Kier molecular flexibility index (Phi) is 3.12. The van der Waals surface area contributed by atoms with Crippen molar-refractivity contribution in [3.63, 3.8) is 0 Å². The lowest BCUT2D eigenvalue weighted by Gasteiger charge is -2.13. The van der Waals surface area contributed by atoms with Crippen LogP contribution in [0.15, 0.2) is 6.20 Å². The minimum atomic E-state index is 0.0253. The number of carbonyl (C=O) groups is 1. The van der Waals surface area contributed by atoms with E-state index in [-0.39, 0.29) is 5.91 Å². The van der Waals surface area contributed by atoms with Gasteiger partial charge in [-0.15, -0.1) is 0 Å². The second-order valence-electron chi connectivity index (χ2n) is 4.19. The summed E-state index contributed by atoms with van der Waals surface area (Å²) >= 11 is 0. The van der Waals surface area contributed by atoms with Crippen LogP contribution in [0, 0.1) is 0 Å². The highest BCUT2D eigenvalue weighted by Crippen LogP contribution is 2.16. The zero-order valence-electron chi connectivity index (χ0n) is 9.65. The Bertz CT molecular complexity index is 379. The van der Waals surface area contributed by atoms with Gasteiger partial charge in [-0.2, -0.15) is 5.10 Å². The molecule has 88 valence electrons. The van der Waals surface area contributed by atoms with Crippen LogP contribution in [0.5, 0.6) is 0 Å². The number of aromatic nitrogens is 2. The van der Waals surface area contributed by atoms with Gasteiger partial charge in [0.15, 0.2) is 5.82 Å². The van der Waals surface area contributed by atoms with Crippen molar-refractivity contribution >= 4 is 11.7 Å². The molecule has 0 aromatic carbocycles. The molecular weight excluding hydrogens is 204 g/mol. The molecule has 0 spiro atoms. The SMILES string of the molecule is CCCn1cc(C(=O)N2CCCC2)c(N)n1. The highest BCUT2D eigenvalue weighted by Gasteiger charge is 2.23. The molecule has 1 amide bonds. The molecule has 5 nitrogen and oxygen atoms in total. The number of likely N-dealkylation sites (tertiary alicyclic amines) is 1. The molecule has 1 aromatic heterocycles. The molecule has 2 heterocycles. The lowest BCUT2D eigenvalue weighted by molar-refractivity contribution is 0.0793. The van der Waals surface area contributed by atoms with Gasteiger partial charge in [0, 0.05) is 25.8 Å². The first-order valence-corrected chi connectivity index (χ1v) is 5.84. The maximum atomic E-state index is 12.1. The third-order valence-electron chi connectivity index (χ3n) is 2.87. The maximum Gasteiger partial charge on any atom is 0.259 e. The van der Waals surface area contributed by atoms with Crippen molar-refractivity contribution < 1.29 is 4.79 Å². The van der Waals surface area contributed by atoms with Crippen molar-refractivity contribution in [2.75, 3.05) is 18.8 Å². The fourth-order valence-corrected chi connectivity index (χ4v) is 2.04. The predicted molar refractivity (Wildman–Crippen MR) is 62.1 cm³/mol. The van der Waals surface area contributed by atoms with E-state index in [9.17, 15) is 4.79 Å². The third kappa shape index (κ3) is 2.03. The molecule has 1 aliphatic rings. The lowest BCUT2D eigenvalue weighted by Crippen LogP contribution is -2.27. The zero-order valence-corrected chi connectivity index (χ0v) is 9.65. The quantitative estimate of drug-likeness (QED) is 0.833. The number of nitrogens with zero attached hydrogens (tertiary/aromatic N) is 3. The molecule has 0 bridgehead atoms. The summed E-state index contributed by atoms with van der Waals surface area (Å²) in [5.74, 6) is 0.378. The topological polar surface area (TPSA) is 64.2 Å². The van der Waals surface area contributed by atoms with Crippen LogP contribution < -0.4 is 5.73 Å². The van der Waals surface area contributed by atoms with Crippen LogP contribution in [0.25, 0.3) is 0 Å². The van der Waals surface area contributed by atoms with E-state index >= 15 is 0 Å². The van der Waals surface area contributed by atoms with Crippen molar-refractivity contribution in [2.24, 2.45) is 0 Å². The summed E-state index contributed by atoms with van der Waals surface area (Å²) in [5, 5.41) is 4.14. The van der Waals surface area contributed by atoms with Gasteiger partial charge in [0.1, 0.15) is 5.56 Å². The van der Waals surface area contributed by atoms with Crippen molar-refractivity contribution in [1.29, 1.82) is 0 Å². The molecule has 5 heteroatoms. The highest BCUT2D eigenvalue weighted by atomic mass is 16.2. The van der Waals surface area contributed by atoms with Crippen molar-refractivity contribution in [3.05, 3.63) is 11.8 Å². The first kappa shape index (κ1) is 11.0. The third-order valence-corrected chi connectivity index (χ3v) is 2.87. The van der Waals surface area contributed by atoms with Gasteiger partial charge in [-0.1, -0.05) is 6.92 Å². The Labute approximate surface area is 95.2 Å². The van der Waals surface area contributed by atoms with E-state index in [4.69, 9.17) is 5.73 Å². The van der Waals surface area contributed by atoms with Crippen molar-refractivity contribution in [1.82, 2.24) is 14.7 Å². The van der Waals surface area contributed by atoms with Gasteiger partial charge in [-0.3, -0.25) is 9.48 Å². The number of anilines is 1. The predicted octanol–water partition coefficient (Wildman–Crippen LogP) is 1.11. The van der Waals surface area contributed by atoms with E-state index in [0.717, 1.165) is 38.9 Å². The summed E-state index contributed by atoms with van der Waals surface area (Å²) < 4.78 is 1.75. The van der Waals surface area contributed by atoms with Crippen LogP contribution in [0.2, 0.25) is 0 Å². The molecule has 1 aromatic rings. The van der Waals surface area contributed by atoms with Crippen LogP contribution in [0.3, 0.4) is 0 Å². The van der Waals surface area contributed by atoms with E-state index < -0.39 is 0 Å². The summed E-state index contributed by atoms with van der Waals surface area (Å²) in [6.07, 6.45) is 4.93. The molecule has 1 aliphatic heterocycles. The standard InChI is InChI=1S/C11H18N4O/c1-2-5-15-8-9(10(12)13-15)11(16)14-6-3-4-7-14/h8H,2-7H2,1H3,(H2,12,13). The van der Waals surface area contributed by atoms with Crippen LogP contribution in [-0.2, 0) is 6.54 Å². The molecule has 1 saturated heterocycles. The van der Waals surface area contributed by atoms with Crippen LogP contribution in [0.1, 0.15) is 36.5 Å². The van der Waals surface area contributed by atoms with Gasteiger partial charge < -0.3 is 10.6 Å². The second kappa shape index (κ2) is 4.55. The number of amides is 1. The molecule has 2 N–H and O–H groups in total. The largest absolute Gasteiger partial charge is 0.382 e. The van der Waals surface area contributed by atoms with E-state index in [1.165, 1.54) is 0 Å². The lowest BCUT2D eigenvalue weighted by atomic mass is 10.3. The Morgan fingerprint density at radius 3 is 2.81 bits per heavy atom. The minimum Gasteiger partial charge on any atom is -0.382 e. The van der Waals surface area contributed by atoms with Gasteiger partial charge >= 0.3 is 0 Å². The van der Waals surface area contributed by atoms with Crippen LogP contribution >= 0.6 is 0 Å². The van der Waals surface area contributed by atoms with Crippen LogP contribution in [0.4, 0.5) is 5.82 Å². The summed E-state index contributed by atoms with van der Waals surface area (Å²) in [5.41, 5.74) is 6.31. The molecular formula is C11H18N4O. The molecule has 2 rings (SSSR count). The van der Waals surface area contributed by atoms with Gasteiger partial charge in [-0.05, 0) is 19.3 Å². The number of aryl methyl sites for hydroxylation is 1. The smallest absolute Gasteiger partial charge is 0.259 e. The van der Waals surface area contributed by atoms with Crippen molar-refractivity contribution in [2.45, 2.75) is 32.7 Å². The number of hydrogen-bond acceptors (Lipinski definition) is 3.